The zero-order valence-electron chi connectivity index (χ0n) is 14.2. The number of piperidine rings is 1. The zero-order chi connectivity index (χ0) is 16.8. The summed E-state index contributed by atoms with van der Waals surface area (Å²) in [5.41, 5.74) is 1.87. The van der Waals surface area contributed by atoms with Crippen LogP contribution in [0.2, 0.25) is 0 Å². The van der Waals surface area contributed by atoms with Gasteiger partial charge in [-0.05, 0) is 44.4 Å². The van der Waals surface area contributed by atoms with Crippen LogP contribution < -0.4 is 0 Å². The summed E-state index contributed by atoms with van der Waals surface area (Å²) in [5.74, 6) is 0. The molecular weight excluding hydrogens is 290 g/mol. The Morgan fingerprint density at radius 2 is 2.17 bits per heavy atom. The number of benzene rings is 1. The molecule has 0 aliphatic carbocycles. The van der Waals surface area contributed by atoms with Gasteiger partial charge in [0.2, 0.25) is 0 Å². The molecule has 0 saturated carbocycles. The highest BCUT2D eigenvalue weighted by Crippen LogP contribution is 2.26. The van der Waals surface area contributed by atoms with Gasteiger partial charge in [-0.2, -0.15) is 5.26 Å². The molecule has 0 radical (unpaired) electrons. The van der Waals surface area contributed by atoms with Crippen LogP contribution in [0.15, 0.2) is 24.3 Å². The van der Waals surface area contributed by atoms with E-state index in [0.717, 1.165) is 25.9 Å². The smallest absolute Gasteiger partial charge is 0.409 e. The summed E-state index contributed by atoms with van der Waals surface area (Å²) < 4.78 is 5.07. The van der Waals surface area contributed by atoms with E-state index in [9.17, 15) is 4.79 Å². The van der Waals surface area contributed by atoms with Crippen LogP contribution in [0.3, 0.4) is 0 Å². The zero-order valence-corrected chi connectivity index (χ0v) is 14.2. The Hall–Kier alpha value is -2.06. The van der Waals surface area contributed by atoms with Crippen molar-refractivity contribution in [1.82, 2.24) is 9.80 Å². The number of hydrogen-bond acceptors (Lipinski definition) is 4. The minimum absolute atomic E-state index is 0.235. The molecule has 1 aliphatic heterocycles. The molecule has 0 bridgehead atoms. The van der Waals surface area contributed by atoms with E-state index in [1.165, 1.54) is 5.56 Å². The normalized spacial score (nSPS) is 17.3. The number of likely N-dealkylation sites (tertiary alicyclic amines) is 1. The number of nitrogens with zero attached hydrogens (tertiary/aromatic N) is 3. The first-order chi connectivity index (χ1) is 11.1. The van der Waals surface area contributed by atoms with E-state index >= 15 is 0 Å². The van der Waals surface area contributed by atoms with Crippen LogP contribution in [0.5, 0.6) is 0 Å². The number of rotatable bonds is 4. The summed E-state index contributed by atoms with van der Waals surface area (Å²) in [7, 11) is 1.82. The van der Waals surface area contributed by atoms with Gasteiger partial charge in [-0.25, -0.2) is 4.79 Å². The maximum atomic E-state index is 11.8. The van der Waals surface area contributed by atoms with Gasteiger partial charge >= 0.3 is 6.09 Å². The number of carbonyl (C=O) groups is 1. The topological polar surface area (TPSA) is 56.6 Å². The van der Waals surface area contributed by atoms with Crippen molar-refractivity contribution in [1.29, 1.82) is 5.26 Å². The van der Waals surface area contributed by atoms with Crippen molar-refractivity contribution in [3.05, 3.63) is 35.4 Å². The molecule has 124 valence electrons. The molecule has 1 aromatic rings. The maximum absolute atomic E-state index is 11.8. The lowest BCUT2D eigenvalue weighted by Crippen LogP contribution is -2.46. The molecule has 23 heavy (non-hydrogen) atoms. The molecule has 1 amide bonds. The Morgan fingerprint density at radius 1 is 1.48 bits per heavy atom. The Kier molecular flexibility index (Phi) is 6.00. The predicted molar refractivity (Wildman–Crippen MR) is 89.0 cm³/mol. The first kappa shape index (κ1) is 17.3. The van der Waals surface area contributed by atoms with Crippen molar-refractivity contribution in [3.63, 3.8) is 0 Å². The molecule has 1 heterocycles. The molecule has 1 saturated heterocycles. The maximum Gasteiger partial charge on any atom is 0.409 e. The minimum Gasteiger partial charge on any atom is -0.450 e. The molecule has 1 atom stereocenters. The van der Waals surface area contributed by atoms with Crippen molar-refractivity contribution in [2.75, 3.05) is 26.7 Å². The number of ether oxygens (including phenoxy) is 1. The number of hydrogen-bond donors (Lipinski definition) is 0. The molecule has 5 heteroatoms. The Balaban J connectivity index is 1.93. The second-order valence-electron chi connectivity index (χ2n) is 5.99. The van der Waals surface area contributed by atoms with Gasteiger partial charge in [-0.1, -0.05) is 12.1 Å². The molecule has 1 aromatic carbocycles. The van der Waals surface area contributed by atoms with Crippen LogP contribution in [-0.2, 0) is 4.74 Å². The van der Waals surface area contributed by atoms with E-state index in [2.05, 4.69) is 24.0 Å². The third kappa shape index (κ3) is 4.23. The highest BCUT2D eigenvalue weighted by molar-refractivity contribution is 5.67. The SMILES string of the molecule is CCOC(=O)N(C)C1CCN(C(C)c2cccc(C#N)c2)CC1. The molecule has 1 fully saturated rings. The molecule has 2 rings (SSSR count). The molecule has 0 N–H and O–H groups in total. The van der Waals surface area contributed by atoms with Crippen molar-refractivity contribution >= 4 is 6.09 Å². The van der Waals surface area contributed by atoms with E-state index in [-0.39, 0.29) is 18.2 Å². The quantitative estimate of drug-likeness (QED) is 0.856. The van der Waals surface area contributed by atoms with Crippen LogP contribution in [0, 0.1) is 11.3 Å². The van der Waals surface area contributed by atoms with Crippen LogP contribution in [0.4, 0.5) is 4.79 Å². The van der Waals surface area contributed by atoms with Crippen molar-refractivity contribution < 1.29 is 9.53 Å². The van der Waals surface area contributed by atoms with Gasteiger partial charge in [-0.3, -0.25) is 4.90 Å². The van der Waals surface area contributed by atoms with Gasteiger partial charge in [0.05, 0.1) is 18.2 Å². The predicted octanol–water partition coefficient (Wildman–Crippen LogP) is 3.17. The fourth-order valence-electron chi connectivity index (χ4n) is 3.11. The molecular formula is C18H25N3O2. The van der Waals surface area contributed by atoms with Crippen LogP contribution in [-0.4, -0.2) is 48.7 Å². The van der Waals surface area contributed by atoms with Crippen LogP contribution in [0.25, 0.3) is 0 Å². The van der Waals surface area contributed by atoms with E-state index in [1.807, 2.05) is 32.2 Å². The third-order valence-electron chi connectivity index (χ3n) is 4.65. The van der Waals surface area contributed by atoms with Crippen LogP contribution >= 0.6 is 0 Å². The van der Waals surface area contributed by atoms with Gasteiger partial charge in [0, 0.05) is 32.2 Å². The van der Waals surface area contributed by atoms with E-state index in [4.69, 9.17) is 10.00 Å². The summed E-state index contributed by atoms with van der Waals surface area (Å²) in [6, 6.07) is 10.5. The Morgan fingerprint density at radius 3 is 2.78 bits per heavy atom. The van der Waals surface area contributed by atoms with Gasteiger partial charge in [0.25, 0.3) is 0 Å². The Labute approximate surface area is 138 Å². The highest BCUT2D eigenvalue weighted by atomic mass is 16.6. The summed E-state index contributed by atoms with van der Waals surface area (Å²) >= 11 is 0. The molecule has 1 aliphatic rings. The lowest BCUT2D eigenvalue weighted by molar-refractivity contribution is 0.0720. The summed E-state index contributed by atoms with van der Waals surface area (Å²) in [5, 5.41) is 9.03. The second-order valence-corrected chi connectivity index (χ2v) is 5.99. The molecule has 0 aromatic heterocycles. The largest absolute Gasteiger partial charge is 0.450 e. The lowest BCUT2D eigenvalue weighted by atomic mass is 9.98. The number of carbonyl (C=O) groups excluding carboxylic acids is 1. The average molecular weight is 315 g/mol. The van der Waals surface area contributed by atoms with Gasteiger partial charge in [0.1, 0.15) is 0 Å². The standard InChI is InChI=1S/C18H25N3O2/c1-4-23-18(22)20(3)17-8-10-21(11-9-17)14(2)16-7-5-6-15(12-16)13-19/h5-7,12,14,17H,4,8-11H2,1-3H3. The highest BCUT2D eigenvalue weighted by Gasteiger charge is 2.28. The number of amides is 1. The molecule has 0 spiro atoms. The van der Waals surface area contributed by atoms with Gasteiger partial charge in [-0.15, -0.1) is 0 Å². The van der Waals surface area contributed by atoms with E-state index in [0.29, 0.717) is 12.2 Å². The fourth-order valence-corrected chi connectivity index (χ4v) is 3.11. The Bertz CT molecular complexity index is 574. The van der Waals surface area contributed by atoms with Gasteiger partial charge < -0.3 is 9.64 Å². The van der Waals surface area contributed by atoms with Crippen molar-refractivity contribution in [2.24, 2.45) is 0 Å². The van der Waals surface area contributed by atoms with Crippen LogP contribution in [0.1, 0.15) is 43.9 Å². The van der Waals surface area contributed by atoms with E-state index in [1.54, 1.807) is 4.90 Å². The summed E-state index contributed by atoms with van der Waals surface area (Å²) in [4.78, 5) is 15.9. The third-order valence-corrected chi connectivity index (χ3v) is 4.65. The van der Waals surface area contributed by atoms with Crippen molar-refractivity contribution in [2.45, 2.75) is 38.8 Å². The fraction of sp³-hybridized carbons (Fsp3) is 0.556. The van der Waals surface area contributed by atoms with Gasteiger partial charge in [0.15, 0.2) is 0 Å². The van der Waals surface area contributed by atoms with Crippen molar-refractivity contribution in [3.8, 4) is 6.07 Å². The molecule has 1 unspecified atom stereocenters. The minimum atomic E-state index is -0.235. The average Bonchev–Trinajstić information content (AvgIpc) is 2.60. The first-order valence-electron chi connectivity index (χ1n) is 8.20. The monoisotopic (exact) mass is 315 g/mol. The lowest BCUT2D eigenvalue weighted by Gasteiger charge is -2.39. The first-order valence-corrected chi connectivity index (χ1v) is 8.20. The summed E-state index contributed by atoms with van der Waals surface area (Å²) in [6.07, 6.45) is 1.65. The summed E-state index contributed by atoms with van der Waals surface area (Å²) in [6.45, 7) is 6.28. The number of nitriles is 1. The molecule has 5 nitrogen and oxygen atoms in total. The van der Waals surface area contributed by atoms with E-state index < -0.39 is 0 Å². The second kappa shape index (κ2) is 7.98.